The number of hydrogen-bond donors (Lipinski definition) is 0. The van der Waals surface area contributed by atoms with Crippen molar-refractivity contribution in [3.63, 3.8) is 0 Å². The normalized spacial score (nSPS) is 16.2. The third kappa shape index (κ3) is 4.44. The zero-order valence-corrected chi connectivity index (χ0v) is 13.4. The van der Waals surface area contributed by atoms with Gasteiger partial charge in [0.15, 0.2) is 8.32 Å². The maximum atomic E-state index is 6.24. The lowest BCUT2D eigenvalue weighted by atomic mass is 10.2. The third-order valence-corrected chi connectivity index (χ3v) is 7.86. The lowest BCUT2D eigenvalue weighted by Gasteiger charge is -2.38. The minimum Gasteiger partial charge on any atom is -0.411 e. The summed E-state index contributed by atoms with van der Waals surface area (Å²) < 4.78 is 8.29. The van der Waals surface area contributed by atoms with Gasteiger partial charge < -0.3 is 4.43 Å². The summed E-state index contributed by atoms with van der Waals surface area (Å²) in [4.78, 5) is 0. The molecule has 1 nitrogen and oxygen atoms in total. The highest BCUT2D eigenvalue weighted by molar-refractivity contribution is 14.1. The minimum atomic E-state index is -1.58. The van der Waals surface area contributed by atoms with Gasteiger partial charge in [0.2, 0.25) is 0 Å². The molecule has 84 valence electrons. The van der Waals surface area contributed by atoms with Gasteiger partial charge in [-0.25, -0.2) is 0 Å². The van der Waals surface area contributed by atoms with Crippen molar-refractivity contribution in [3.05, 3.63) is 10.2 Å². The summed E-state index contributed by atoms with van der Waals surface area (Å²) in [6.07, 6.45) is 3.51. The zero-order valence-electron chi connectivity index (χ0n) is 10.2. The lowest BCUT2D eigenvalue weighted by molar-refractivity contribution is 0.221. The second-order valence-corrected chi connectivity index (χ2v) is 10.6. The van der Waals surface area contributed by atoms with Gasteiger partial charge >= 0.3 is 0 Å². The van der Waals surface area contributed by atoms with E-state index in [0.717, 1.165) is 6.42 Å². The molecular formula is C11H23IOSi. The van der Waals surface area contributed by atoms with E-state index in [1.54, 1.807) is 0 Å². The Morgan fingerprint density at radius 2 is 1.86 bits per heavy atom. The van der Waals surface area contributed by atoms with Crippen LogP contribution in [0.4, 0.5) is 0 Å². The average Bonchev–Trinajstić information content (AvgIpc) is 2.01. The van der Waals surface area contributed by atoms with Crippen LogP contribution in [0.1, 0.15) is 34.1 Å². The van der Waals surface area contributed by atoms with Crippen LogP contribution in [0.15, 0.2) is 10.2 Å². The monoisotopic (exact) mass is 326 g/mol. The zero-order chi connectivity index (χ0) is 11.4. The van der Waals surface area contributed by atoms with Gasteiger partial charge in [0.05, 0.1) is 6.10 Å². The van der Waals surface area contributed by atoms with Crippen molar-refractivity contribution in [1.82, 2.24) is 0 Å². The molecule has 0 aromatic carbocycles. The first-order valence-corrected chi connectivity index (χ1v) is 9.34. The summed E-state index contributed by atoms with van der Waals surface area (Å²) in [6, 6.07) is 0. The van der Waals surface area contributed by atoms with Crippen molar-refractivity contribution >= 4 is 30.9 Å². The molecule has 14 heavy (non-hydrogen) atoms. The van der Waals surface area contributed by atoms with Crippen LogP contribution in [0.3, 0.4) is 0 Å². The van der Waals surface area contributed by atoms with Crippen LogP contribution >= 0.6 is 22.6 Å². The van der Waals surface area contributed by atoms with Crippen LogP contribution < -0.4 is 0 Å². The SMILES string of the molecule is CC[C@H](C=CI)O[Si](C)(C)C(C)(C)C. The average molecular weight is 326 g/mol. The second kappa shape index (κ2) is 5.65. The first-order chi connectivity index (χ1) is 6.24. The molecule has 0 aliphatic heterocycles. The van der Waals surface area contributed by atoms with Gasteiger partial charge in [-0.15, -0.1) is 0 Å². The van der Waals surface area contributed by atoms with E-state index in [1.807, 2.05) is 0 Å². The fourth-order valence-corrected chi connectivity index (χ4v) is 2.71. The molecule has 0 spiro atoms. The lowest BCUT2D eigenvalue weighted by Crippen LogP contribution is -2.43. The maximum absolute atomic E-state index is 6.24. The first kappa shape index (κ1) is 14.6. The molecule has 0 radical (unpaired) electrons. The van der Waals surface area contributed by atoms with Gasteiger partial charge in [-0.1, -0.05) is 56.4 Å². The molecule has 0 saturated carbocycles. The van der Waals surface area contributed by atoms with Crippen molar-refractivity contribution in [1.29, 1.82) is 0 Å². The van der Waals surface area contributed by atoms with E-state index in [9.17, 15) is 0 Å². The highest BCUT2D eigenvalue weighted by atomic mass is 127. The highest BCUT2D eigenvalue weighted by Crippen LogP contribution is 2.37. The fraction of sp³-hybridized carbons (Fsp3) is 0.818. The first-order valence-electron chi connectivity index (χ1n) is 5.19. The highest BCUT2D eigenvalue weighted by Gasteiger charge is 2.38. The van der Waals surface area contributed by atoms with E-state index >= 15 is 0 Å². The van der Waals surface area contributed by atoms with E-state index in [0.29, 0.717) is 11.1 Å². The topological polar surface area (TPSA) is 9.23 Å². The van der Waals surface area contributed by atoms with Gasteiger partial charge in [0, 0.05) is 0 Å². The summed E-state index contributed by atoms with van der Waals surface area (Å²) in [6.45, 7) is 13.6. The Balaban J connectivity index is 4.47. The molecule has 0 aromatic heterocycles. The Hall–Kier alpha value is 0.647. The van der Waals surface area contributed by atoms with Crippen molar-refractivity contribution in [2.75, 3.05) is 0 Å². The molecule has 0 aliphatic rings. The molecule has 0 fully saturated rings. The Labute approximate surface area is 104 Å². The van der Waals surface area contributed by atoms with Crippen LogP contribution in [0.2, 0.25) is 18.1 Å². The molecule has 0 N–H and O–H groups in total. The van der Waals surface area contributed by atoms with Crippen LogP contribution in [0.5, 0.6) is 0 Å². The predicted molar refractivity (Wildman–Crippen MR) is 75.5 cm³/mol. The van der Waals surface area contributed by atoms with Gasteiger partial charge in [-0.2, -0.15) is 0 Å². The number of hydrogen-bond acceptors (Lipinski definition) is 1. The van der Waals surface area contributed by atoms with Crippen LogP contribution in [0, 0.1) is 0 Å². The smallest absolute Gasteiger partial charge is 0.192 e. The summed E-state index contributed by atoms with van der Waals surface area (Å²) >= 11 is 2.25. The van der Waals surface area contributed by atoms with E-state index in [2.05, 4.69) is 73.5 Å². The molecular weight excluding hydrogens is 303 g/mol. The largest absolute Gasteiger partial charge is 0.411 e. The van der Waals surface area contributed by atoms with Crippen molar-refractivity contribution in [2.24, 2.45) is 0 Å². The maximum Gasteiger partial charge on any atom is 0.192 e. The molecule has 0 heterocycles. The number of halogens is 1. The molecule has 0 bridgehead atoms. The third-order valence-electron chi connectivity index (χ3n) is 2.94. The van der Waals surface area contributed by atoms with Gasteiger partial charge in [0.1, 0.15) is 0 Å². The Morgan fingerprint density at radius 3 is 2.14 bits per heavy atom. The number of rotatable bonds is 4. The minimum absolute atomic E-state index is 0.299. The van der Waals surface area contributed by atoms with Crippen molar-refractivity contribution in [3.8, 4) is 0 Å². The standard InChI is InChI=1S/C11H23IOSi/c1-7-10(8-9-12)13-14(5,6)11(2,3)4/h8-10H,7H2,1-6H3/t10-/m1/s1. The van der Waals surface area contributed by atoms with Crippen LogP contribution in [-0.2, 0) is 4.43 Å². The molecule has 0 amide bonds. The second-order valence-electron chi connectivity index (χ2n) is 5.14. The van der Waals surface area contributed by atoms with Gasteiger partial charge in [0.25, 0.3) is 0 Å². The van der Waals surface area contributed by atoms with E-state index < -0.39 is 8.32 Å². The molecule has 0 aromatic rings. The summed E-state index contributed by atoms with van der Waals surface area (Å²) in [5, 5.41) is 0.305. The Morgan fingerprint density at radius 1 is 1.36 bits per heavy atom. The molecule has 1 atom stereocenters. The summed E-state index contributed by atoms with van der Waals surface area (Å²) in [5.74, 6) is 0. The van der Waals surface area contributed by atoms with E-state index in [4.69, 9.17) is 4.43 Å². The quantitative estimate of drug-likeness (QED) is 0.536. The fourth-order valence-electron chi connectivity index (χ4n) is 0.895. The van der Waals surface area contributed by atoms with Gasteiger partial charge in [-0.3, -0.25) is 0 Å². The Kier molecular flexibility index (Phi) is 5.92. The Bertz CT molecular complexity index is 194. The van der Waals surface area contributed by atoms with Gasteiger partial charge in [-0.05, 0) is 28.6 Å². The van der Waals surface area contributed by atoms with Crippen molar-refractivity contribution in [2.45, 2.75) is 58.4 Å². The molecule has 0 saturated heterocycles. The molecule has 0 unspecified atom stereocenters. The van der Waals surface area contributed by atoms with Crippen LogP contribution in [-0.4, -0.2) is 14.4 Å². The van der Waals surface area contributed by atoms with Crippen LogP contribution in [0.25, 0.3) is 0 Å². The summed E-state index contributed by atoms with van der Waals surface area (Å²) in [5.41, 5.74) is 0. The molecule has 3 heteroatoms. The van der Waals surface area contributed by atoms with E-state index in [1.165, 1.54) is 0 Å². The predicted octanol–water partition coefficient (Wildman–Crippen LogP) is 4.74. The van der Waals surface area contributed by atoms with E-state index in [-0.39, 0.29) is 0 Å². The summed E-state index contributed by atoms with van der Waals surface area (Å²) in [7, 11) is -1.58. The van der Waals surface area contributed by atoms with Crippen molar-refractivity contribution < 1.29 is 4.43 Å². The molecule has 0 aliphatic carbocycles. The molecule has 0 rings (SSSR count).